The van der Waals surface area contributed by atoms with Crippen LogP contribution in [0.3, 0.4) is 0 Å². The first-order valence-electron chi connectivity index (χ1n) is 24.8. The Labute approximate surface area is 374 Å². The number of aromatic hydroxyl groups is 1. The number of hydrogen-bond acceptors (Lipinski definition) is 3. The van der Waals surface area contributed by atoms with E-state index in [1.54, 1.807) is 30.5 Å². The van der Waals surface area contributed by atoms with E-state index in [1.807, 2.05) is 91.2 Å². The van der Waals surface area contributed by atoms with Gasteiger partial charge in [-0.2, -0.15) is 0 Å². The molecule has 1 N–H and O–H groups in total. The van der Waals surface area contributed by atoms with Crippen LogP contribution in [0, 0.1) is 26.8 Å². The Morgan fingerprint density at radius 1 is 0.638 bits per heavy atom. The Morgan fingerprint density at radius 2 is 1.38 bits per heavy atom. The Balaban J connectivity index is 0.00000722. The van der Waals surface area contributed by atoms with Crippen molar-refractivity contribution in [2.24, 2.45) is 0 Å². The molecule has 6 aromatic carbocycles. The first-order chi connectivity index (χ1) is 32.1. The third-order valence-corrected chi connectivity index (χ3v) is 10.4. The molecule has 8 aromatic rings. The average Bonchev–Trinajstić information content (AvgIpc) is 3.65. The Hall–Kier alpha value is -5.57. The molecule has 2 aromatic heterocycles. The number of imidazole rings is 1. The SMILES string of the molecule is [2H]C([2H])([2H])c1ccc(-n2c(-c3cc(C)cc(C)c3O)nc3c(-c4[c-]c(-c5cc(-c6ccc(C(C([2H])([2H])[2H])(C([2H])([2H])[2H])C([2H])([2H])[2H])cc6)ccn5)cc(C(C)(C)C)c4)cccc32)c(-c2ccccc2)c1.[Pt]. The van der Waals surface area contributed by atoms with Crippen LogP contribution in [0.5, 0.6) is 5.75 Å². The number of aryl methyl sites for hydroxylation is 3. The fourth-order valence-corrected chi connectivity index (χ4v) is 7.41. The molecule has 0 saturated carbocycles. The summed E-state index contributed by atoms with van der Waals surface area (Å²) in [5.74, 6) is 0.511. The smallest absolute Gasteiger partial charge is 0.148 e. The number of pyridine rings is 1. The van der Waals surface area contributed by atoms with Gasteiger partial charge in [0.15, 0.2) is 0 Å². The fourth-order valence-electron chi connectivity index (χ4n) is 7.41. The number of phenolic OH excluding ortho intramolecular Hbond substituents is 1. The van der Waals surface area contributed by atoms with E-state index >= 15 is 0 Å². The fraction of sp³-hybridized carbons (Fsp3) is 0.208. The van der Waals surface area contributed by atoms with Crippen molar-refractivity contribution in [1.29, 1.82) is 0 Å². The van der Waals surface area contributed by atoms with E-state index < -0.39 is 32.8 Å². The summed E-state index contributed by atoms with van der Waals surface area (Å²) in [6, 6.07) is 41.2. The van der Waals surface area contributed by atoms with Crippen molar-refractivity contribution in [3.63, 3.8) is 0 Å². The topological polar surface area (TPSA) is 50.9 Å². The predicted octanol–water partition coefficient (Wildman–Crippen LogP) is 13.8. The van der Waals surface area contributed by atoms with Crippen molar-refractivity contribution in [2.45, 2.75) is 72.9 Å². The van der Waals surface area contributed by atoms with E-state index in [0.717, 1.165) is 22.3 Å². The first-order valence-corrected chi connectivity index (χ1v) is 18.8. The Kier molecular flexibility index (Phi) is 7.54. The van der Waals surface area contributed by atoms with Gasteiger partial charge in [0.1, 0.15) is 11.6 Å². The van der Waals surface area contributed by atoms with Gasteiger partial charge in [-0.3, -0.25) is 9.55 Å². The van der Waals surface area contributed by atoms with E-state index in [4.69, 9.17) is 26.4 Å². The number of fused-ring (bicyclic) bond motifs is 1. The zero-order valence-electron chi connectivity index (χ0n) is 44.8. The van der Waals surface area contributed by atoms with E-state index in [2.05, 4.69) is 32.9 Å². The quantitative estimate of drug-likeness (QED) is 0.169. The molecule has 0 aliphatic rings. The van der Waals surface area contributed by atoms with Crippen molar-refractivity contribution in [3.8, 4) is 67.5 Å². The number of para-hydroxylation sites is 1. The molecule has 0 radical (unpaired) electrons. The van der Waals surface area contributed by atoms with Gasteiger partial charge in [0, 0.05) is 55.0 Å². The van der Waals surface area contributed by atoms with Gasteiger partial charge in [-0.05, 0) is 95.2 Å². The van der Waals surface area contributed by atoms with Crippen LogP contribution in [0.1, 0.15) is 85.6 Å². The van der Waals surface area contributed by atoms with Crippen LogP contribution in [-0.2, 0) is 31.9 Å². The molecule has 5 heteroatoms. The minimum absolute atomic E-state index is 0. The molecule has 0 bridgehead atoms. The maximum absolute atomic E-state index is 11.7. The molecular weight excluding hydrogens is 890 g/mol. The van der Waals surface area contributed by atoms with Gasteiger partial charge >= 0.3 is 0 Å². The molecule has 294 valence electrons. The van der Waals surface area contributed by atoms with Crippen LogP contribution >= 0.6 is 0 Å². The third kappa shape index (κ3) is 7.83. The van der Waals surface area contributed by atoms with Crippen molar-refractivity contribution in [3.05, 3.63) is 167 Å². The molecular formula is C53H50N3OPt-. The molecule has 8 rings (SSSR count). The number of rotatable bonds is 6. The third-order valence-electron chi connectivity index (χ3n) is 10.4. The zero-order chi connectivity index (χ0) is 50.2. The van der Waals surface area contributed by atoms with Crippen LogP contribution < -0.4 is 0 Å². The van der Waals surface area contributed by atoms with Gasteiger partial charge in [0.25, 0.3) is 0 Å². The van der Waals surface area contributed by atoms with Gasteiger partial charge in [-0.1, -0.05) is 143 Å². The maximum atomic E-state index is 11.7. The van der Waals surface area contributed by atoms with Crippen LogP contribution in [0.2, 0.25) is 0 Å². The number of aromatic nitrogens is 3. The minimum atomic E-state index is -3.38. The summed E-state index contributed by atoms with van der Waals surface area (Å²) >= 11 is 0. The van der Waals surface area contributed by atoms with Gasteiger partial charge in [-0.15, -0.1) is 29.3 Å². The molecule has 58 heavy (non-hydrogen) atoms. The second kappa shape index (κ2) is 15.6. The molecule has 4 nitrogen and oxygen atoms in total. The van der Waals surface area contributed by atoms with Crippen LogP contribution in [0.25, 0.3) is 72.7 Å². The van der Waals surface area contributed by atoms with Crippen molar-refractivity contribution in [1.82, 2.24) is 14.5 Å². The summed E-state index contributed by atoms with van der Waals surface area (Å²) in [7, 11) is 0. The number of nitrogens with zero attached hydrogens (tertiary/aromatic N) is 3. The average molecular weight is 952 g/mol. The molecule has 0 unspecified atom stereocenters. The normalized spacial score (nSPS) is 15.7. The Bertz CT molecular complexity index is 3200. The molecule has 0 atom stereocenters. The second-order valence-electron chi connectivity index (χ2n) is 15.7. The molecule has 0 aliphatic heterocycles. The predicted molar refractivity (Wildman–Crippen MR) is 238 cm³/mol. The molecule has 2 heterocycles. The summed E-state index contributed by atoms with van der Waals surface area (Å²) in [5.41, 5.74) is 6.68. The molecule has 0 fully saturated rings. The monoisotopic (exact) mass is 951 g/mol. The molecule has 0 amide bonds. The van der Waals surface area contributed by atoms with E-state index in [0.29, 0.717) is 67.2 Å². The van der Waals surface area contributed by atoms with Crippen LogP contribution in [0.4, 0.5) is 0 Å². The maximum Gasteiger partial charge on any atom is 0.148 e. The van der Waals surface area contributed by atoms with Crippen LogP contribution in [-0.4, -0.2) is 19.6 Å². The second-order valence-corrected chi connectivity index (χ2v) is 15.7. The van der Waals surface area contributed by atoms with Gasteiger partial charge in [0.2, 0.25) is 0 Å². The van der Waals surface area contributed by atoms with E-state index in [-0.39, 0.29) is 43.4 Å². The minimum Gasteiger partial charge on any atom is -0.507 e. The van der Waals surface area contributed by atoms with Gasteiger partial charge in [-0.25, -0.2) is 4.98 Å². The molecule has 0 spiro atoms. The standard InChI is InChI=1S/C53H50N3O.Pt/c1-33-18-23-47(44(27-33)37-14-11-10-12-15-37)56-48-17-13-16-43(49(48)55-51(56)45-28-34(2)26-35(3)50(45)57)39-29-40(31-42(30-39)53(7,8)9)46-32-38(24-25-54-46)36-19-21-41(22-20-36)52(4,5)6;/h10-28,30-32,57H,1-9H3;/q-1;/i1D3,4D3,5D3,6D3;. The number of hydrogen-bond donors (Lipinski definition) is 1. The largest absolute Gasteiger partial charge is 0.507 e. The Morgan fingerprint density at radius 3 is 2.10 bits per heavy atom. The molecule has 0 saturated heterocycles. The summed E-state index contributed by atoms with van der Waals surface area (Å²) in [6.45, 7) is -2.44. The first kappa shape index (κ1) is 28.0. The van der Waals surface area contributed by atoms with Gasteiger partial charge in [0.05, 0.1) is 22.3 Å². The van der Waals surface area contributed by atoms with Crippen molar-refractivity contribution in [2.75, 3.05) is 0 Å². The molecule has 0 aliphatic carbocycles. The summed E-state index contributed by atoms with van der Waals surface area (Å²) < 4.78 is 100. The van der Waals surface area contributed by atoms with E-state index in [1.165, 1.54) is 24.3 Å². The number of benzene rings is 6. The summed E-state index contributed by atoms with van der Waals surface area (Å²) in [5, 5.41) is 11.7. The van der Waals surface area contributed by atoms with Crippen molar-refractivity contribution >= 4 is 11.0 Å². The number of phenols is 1. The summed E-state index contributed by atoms with van der Waals surface area (Å²) in [6.07, 6.45) is 1.63. The van der Waals surface area contributed by atoms with E-state index in [9.17, 15) is 5.11 Å². The zero-order valence-corrected chi connectivity index (χ0v) is 35.1. The van der Waals surface area contributed by atoms with Gasteiger partial charge < -0.3 is 5.11 Å². The van der Waals surface area contributed by atoms with Crippen LogP contribution in [0.15, 0.2) is 134 Å². The summed E-state index contributed by atoms with van der Waals surface area (Å²) in [4.78, 5) is 10.1. The van der Waals surface area contributed by atoms with Crippen molar-refractivity contribution < 1.29 is 42.6 Å².